The Balaban J connectivity index is 0.000000136. The number of nitrogens with one attached hydrogen (secondary N) is 7. The first-order chi connectivity index (χ1) is 56.7. The second kappa shape index (κ2) is 39.0. The van der Waals surface area contributed by atoms with E-state index in [2.05, 4.69) is 176 Å². The number of aliphatic hydroxyl groups is 1. The molecular formula is C89H94BrCl2N17O8S. The first-order valence-electron chi connectivity index (χ1n) is 38.8. The first-order valence-corrected chi connectivity index (χ1v) is 42.3. The summed E-state index contributed by atoms with van der Waals surface area (Å²) >= 11 is 15.5. The van der Waals surface area contributed by atoms with Gasteiger partial charge >= 0.3 is 0 Å². The molecule has 0 radical (unpaired) electrons. The SMILES string of the molecule is CC[C@H](CO)Nc1nc(NCc2ccccc2O)c2ncn(C(C)C)c2n1.Cc1ccc(-c2ccnc(Cc3ccc(S(C)(=O)=O)cc3)n2)n1C(C)C.Cc1ccc(N=Nc2c(O)[nH]c3cc(Br)ccc23)cc1.Cc1ccc2[nH]c3c(c2c1)CC(=O)Cc1ccccc1-3.O=C(NC1CCNCC1)C1=NCC=C1NC(=O)c1c(Cl)cccc1Cl. The number of aryl methyl sites for hydroxylation is 3. The maximum Gasteiger partial charge on any atom is 0.271 e. The number of Topliss-reactive ketones (excluding diaryl/α,β-unsaturated/α-hetero) is 1. The number of halogens is 3. The standard InChI is InChI=1S/C20H23N3O2S.C19H26N6O2.C18H15NO.C17H18Cl2N4O2.C15H12BrN3O/c1-14(2)23-15(3)5-10-19(23)18-11-12-21-20(22-18)13-16-6-8-17(9-7-16)26(4,24)25;1-4-14(10-26)22-19-23-17(20-9-13-7-5-6-8-15(13)27)16-18(24-19)25(11-21-16)12(2)3;1-11-6-7-17-15(8-11)16-10-13(20)9-12-4-2-3-5-14(12)18(16)19-17;18-11-2-1-3-12(19)14(11)16(24)23-13-6-9-21-15(13)17(25)22-10-4-7-20-8-5-10;1-9-2-5-11(6-3-9)18-19-14-12-7-4-10(16)8-13(12)17-15(14)20/h5-12,14H,13H2,1-4H3;5-8,11-12,14,26-27H,4,9-10H2,1-3H3,(H2,20,22,23,24);2-8,19H,9-10H2,1H3;1-3,6,10,20H,4-5,7-9H2,(H,22,25)(H,23,24);2-8,17,20H,1H3/t;14-;;;/m.1.../s1. The Hall–Kier alpha value is -11.7. The van der Waals surface area contributed by atoms with E-state index in [1.54, 1.807) is 61.1 Å². The van der Waals surface area contributed by atoms with Crippen LogP contribution in [-0.4, -0.2) is 136 Å². The summed E-state index contributed by atoms with van der Waals surface area (Å²) in [5.74, 6) is 1.53. The van der Waals surface area contributed by atoms with Gasteiger partial charge in [-0.25, -0.2) is 23.4 Å². The van der Waals surface area contributed by atoms with Gasteiger partial charge in [0.25, 0.3) is 11.8 Å². The predicted octanol–water partition coefficient (Wildman–Crippen LogP) is 17.8. The zero-order valence-electron chi connectivity index (χ0n) is 66.9. The zero-order valence-corrected chi connectivity index (χ0v) is 70.8. The number of carbonyl (C=O) groups is 3. The molecule has 2 amide bonds. The van der Waals surface area contributed by atoms with E-state index in [1.165, 1.54) is 34.0 Å². The van der Waals surface area contributed by atoms with Crippen molar-refractivity contribution in [1.82, 2.24) is 60.0 Å². The van der Waals surface area contributed by atoms with Crippen LogP contribution in [0.5, 0.6) is 11.6 Å². The van der Waals surface area contributed by atoms with E-state index < -0.39 is 15.7 Å². The van der Waals surface area contributed by atoms with Crippen LogP contribution in [0.15, 0.2) is 219 Å². The summed E-state index contributed by atoms with van der Waals surface area (Å²) in [5.41, 5.74) is 17.2. The largest absolute Gasteiger partial charge is 0.508 e. The fourth-order valence-electron chi connectivity index (χ4n) is 13.8. The molecule has 3 aliphatic rings. The molecule has 16 rings (SSSR count). The number of amides is 2. The minimum atomic E-state index is -3.18. The summed E-state index contributed by atoms with van der Waals surface area (Å²) in [7, 11) is -3.18. The molecule has 25 nitrogen and oxygen atoms in total. The maximum absolute atomic E-state index is 12.5. The van der Waals surface area contributed by atoms with Crippen molar-refractivity contribution >= 4 is 128 Å². The fourth-order valence-corrected chi connectivity index (χ4v) is 15.4. The number of imidazole rings is 1. The highest BCUT2D eigenvalue weighted by Gasteiger charge is 2.28. The molecular weight excluding hydrogens is 1620 g/mol. The molecule has 0 saturated carbocycles. The minimum Gasteiger partial charge on any atom is -0.508 e. The third kappa shape index (κ3) is 21.3. The van der Waals surface area contributed by atoms with Gasteiger partial charge in [0.15, 0.2) is 32.5 Å². The predicted molar refractivity (Wildman–Crippen MR) is 471 cm³/mol. The number of hydrogen-bond acceptors (Lipinski definition) is 19. The van der Waals surface area contributed by atoms with Gasteiger partial charge in [-0.05, 0) is 195 Å². The van der Waals surface area contributed by atoms with Gasteiger partial charge in [0.2, 0.25) is 11.8 Å². The number of para-hydroxylation sites is 1. The Morgan fingerprint density at radius 3 is 2.19 bits per heavy atom. The van der Waals surface area contributed by atoms with Crippen LogP contribution < -0.4 is 26.6 Å². The van der Waals surface area contributed by atoms with Gasteiger partial charge in [0.05, 0.1) is 80.0 Å². The maximum atomic E-state index is 12.5. The molecule has 0 bridgehead atoms. The summed E-state index contributed by atoms with van der Waals surface area (Å²) in [4.78, 5) is 70.8. The van der Waals surface area contributed by atoms with Crippen LogP contribution in [0.2, 0.25) is 10.0 Å². The van der Waals surface area contributed by atoms with E-state index in [9.17, 15) is 38.1 Å². The van der Waals surface area contributed by atoms with Crippen molar-refractivity contribution in [2.75, 3.05) is 43.1 Å². The Kier molecular flexibility index (Phi) is 28.3. The van der Waals surface area contributed by atoms with Crippen LogP contribution in [0.1, 0.15) is 121 Å². The number of piperidine rings is 1. The van der Waals surface area contributed by atoms with Gasteiger partial charge in [0.1, 0.15) is 23.1 Å². The van der Waals surface area contributed by atoms with Gasteiger partial charge in [-0.2, -0.15) is 15.1 Å². The normalized spacial score (nSPS) is 13.5. The van der Waals surface area contributed by atoms with E-state index in [0.717, 1.165) is 104 Å². The molecule has 610 valence electrons. The Morgan fingerprint density at radius 1 is 0.746 bits per heavy atom. The van der Waals surface area contributed by atoms with E-state index >= 15 is 0 Å². The monoisotopic (exact) mass is 1710 g/mol. The number of H-pyrrole nitrogens is 2. The van der Waals surface area contributed by atoms with Crippen LogP contribution in [0.25, 0.3) is 55.6 Å². The molecule has 6 aromatic heterocycles. The van der Waals surface area contributed by atoms with Crippen LogP contribution in [0, 0.1) is 20.8 Å². The molecule has 118 heavy (non-hydrogen) atoms. The van der Waals surface area contributed by atoms with Crippen molar-refractivity contribution in [2.45, 2.75) is 130 Å². The lowest BCUT2D eigenvalue weighted by Gasteiger charge is -2.24. The average Bonchev–Trinajstić information content (AvgIpc) is 1.61. The van der Waals surface area contributed by atoms with E-state index in [-0.39, 0.29) is 63.6 Å². The van der Waals surface area contributed by atoms with Crippen LogP contribution in [0.4, 0.5) is 23.1 Å². The molecule has 8 heterocycles. The highest BCUT2D eigenvalue weighted by molar-refractivity contribution is 9.10. The number of ketones is 1. The zero-order chi connectivity index (χ0) is 83.9. The summed E-state index contributed by atoms with van der Waals surface area (Å²) in [6, 6.07) is 53.5. The molecule has 1 fully saturated rings. The summed E-state index contributed by atoms with van der Waals surface area (Å²) < 4.78 is 28.3. The molecule has 29 heteroatoms. The number of sulfone groups is 1. The molecule has 10 N–H and O–H groups in total. The number of aliphatic hydroxyl groups excluding tert-OH is 1. The van der Waals surface area contributed by atoms with Crippen molar-refractivity contribution in [3.8, 4) is 34.3 Å². The highest BCUT2D eigenvalue weighted by atomic mass is 79.9. The van der Waals surface area contributed by atoms with E-state index in [0.29, 0.717) is 83.6 Å². The summed E-state index contributed by atoms with van der Waals surface area (Å²) in [5, 5.41) is 55.6. The lowest BCUT2D eigenvalue weighted by atomic mass is 10.0. The van der Waals surface area contributed by atoms with Gasteiger partial charge in [-0.15, -0.1) is 5.11 Å². The number of aromatic hydroxyl groups is 2. The van der Waals surface area contributed by atoms with Crippen LogP contribution in [0.3, 0.4) is 0 Å². The summed E-state index contributed by atoms with van der Waals surface area (Å²) in [6.07, 6.45) is 10.5. The van der Waals surface area contributed by atoms with Crippen molar-refractivity contribution in [1.29, 1.82) is 0 Å². The lowest BCUT2D eigenvalue weighted by Crippen LogP contribution is -2.46. The number of anilines is 2. The van der Waals surface area contributed by atoms with Crippen molar-refractivity contribution in [3.05, 3.63) is 259 Å². The van der Waals surface area contributed by atoms with Crippen molar-refractivity contribution in [3.63, 3.8) is 0 Å². The van der Waals surface area contributed by atoms with Crippen molar-refractivity contribution < 1.29 is 38.1 Å². The third-order valence-corrected chi connectivity index (χ3v) is 22.3. The number of hydrogen-bond donors (Lipinski definition) is 10. The van der Waals surface area contributed by atoms with Crippen LogP contribution >= 0.6 is 39.1 Å². The molecule has 13 aromatic rings. The molecule has 1 saturated heterocycles. The Morgan fingerprint density at radius 2 is 1.47 bits per heavy atom. The number of aromatic nitrogens is 9. The molecule has 0 unspecified atom stereocenters. The molecule has 2 aliphatic heterocycles. The number of benzene rings is 7. The van der Waals surface area contributed by atoms with Gasteiger partial charge in [-0.3, -0.25) is 19.4 Å². The Bertz CT molecular complexity index is 5990. The quantitative estimate of drug-likeness (QED) is 0.0336. The molecule has 1 aliphatic carbocycles. The number of phenols is 1. The molecule has 1 atom stereocenters. The molecule has 0 spiro atoms. The van der Waals surface area contributed by atoms with Gasteiger partial charge in [0, 0.05) is 94.0 Å². The summed E-state index contributed by atoms with van der Waals surface area (Å²) in [6.45, 7) is 19.1. The van der Waals surface area contributed by atoms with Crippen molar-refractivity contribution in [2.24, 2.45) is 15.2 Å². The number of carbonyl (C=O) groups excluding carboxylic acids is 3. The topological polar surface area (TPSA) is 349 Å². The minimum absolute atomic E-state index is 0.00197. The van der Waals surface area contributed by atoms with Gasteiger partial charge in [-0.1, -0.05) is 136 Å². The molecule has 7 aromatic carbocycles. The first kappa shape index (κ1) is 85.6. The lowest BCUT2D eigenvalue weighted by molar-refractivity contribution is -0.118. The van der Waals surface area contributed by atoms with Gasteiger partial charge < -0.3 is 61.0 Å². The number of aromatic amines is 2. The number of phenolic OH excluding ortho intramolecular Hbond substituents is 1. The van der Waals surface area contributed by atoms with Crippen LogP contribution in [-0.2, 0) is 45.2 Å². The average molecular weight is 1710 g/mol. The number of fused-ring (bicyclic) bond motifs is 7. The Labute approximate surface area is 703 Å². The smallest absolute Gasteiger partial charge is 0.271 e. The van der Waals surface area contributed by atoms with E-state index in [1.807, 2.05) is 103 Å². The second-order valence-electron chi connectivity index (χ2n) is 29.5. The van der Waals surface area contributed by atoms with E-state index in [4.69, 9.17) is 28.2 Å². The number of azo groups is 1. The second-order valence-corrected chi connectivity index (χ2v) is 33.2. The number of aliphatic imine (C=N–C) groups is 1. The third-order valence-electron chi connectivity index (χ3n) is 20.0. The number of nitrogens with zero attached hydrogens (tertiary/aromatic N) is 10. The highest BCUT2D eigenvalue weighted by Crippen LogP contribution is 2.39. The number of rotatable bonds is 19. The fraction of sp³-hybridized carbons (Fsp3) is 0.270.